The van der Waals surface area contributed by atoms with Crippen LogP contribution in [0.5, 0.6) is 5.75 Å². The summed E-state index contributed by atoms with van der Waals surface area (Å²) in [6, 6.07) is 7.23. The number of Topliss-reactive ketones (excluding diaryl/α,β-unsaturated/α-hetero) is 1. The summed E-state index contributed by atoms with van der Waals surface area (Å²) < 4.78 is 5.38. The fraction of sp³-hybridized carbons (Fsp3) is 0.550. The fourth-order valence-electron chi connectivity index (χ4n) is 5.12. The third-order valence-corrected chi connectivity index (χ3v) is 8.54. The SMILES string of the molecule is C/C=C(\C=N/C(=C(C)C)N1CCC(C)CC1)CC.C=Nc1cc(-c2ccc(C(C)=O)cc2OC)ncc1CC.CCCC(C)CC. The number of pyridine rings is 1. The van der Waals surface area contributed by atoms with Gasteiger partial charge in [0.25, 0.3) is 0 Å². The zero-order valence-electron chi connectivity index (χ0n) is 30.9. The smallest absolute Gasteiger partial charge is 0.159 e. The average molecular weight is 631 g/mol. The molecular weight excluding hydrogens is 568 g/mol. The van der Waals surface area contributed by atoms with Crippen LogP contribution < -0.4 is 4.74 Å². The molecule has 6 nitrogen and oxygen atoms in total. The number of carbonyl (C=O) groups is 1. The van der Waals surface area contributed by atoms with Crippen LogP contribution in [-0.2, 0) is 6.42 Å². The molecule has 1 aliphatic heterocycles. The van der Waals surface area contributed by atoms with Crippen LogP contribution >= 0.6 is 0 Å². The van der Waals surface area contributed by atoms with E-state index in [1.165, 1.54) is 56.0 Å². The standard InChI is InChI=1S/C17H18N2O2.C16H28N2.C7H16/c1-5-12-10-19-16(9-15(12)18-3)14-7-6-13(11(2)20)8-17(14)21-4;1-6-15(7-2)12-17-16(13(3)4)18-10-8-14(5)9-11-18;1-4-6-7(3)5-2/h6-10H,3,5H2,1-2,4H3;6,12,14H,7-11H2,1-5H3;7H,4-6H2,1-3H3/b;15-6-,17-12-;. The maximum Gasteiger partial charge on any atom is 0.159 e. The Balaban J connectivity index is 0.000000386. The molecule has 6 heteroatoms. The lowest BCUT2D eigenvalue weighted by Gasteiger charge is -2.32. The van der Waals surface area contributed by atoms with Gasteiger partial charge in [-0.25, -0.2) is 4.99 Å². The summed E-state index contributed by atoms with van der Waals surface area (Å²) in [5.74, 6) is 3.61. The number of likely N-dealkylation sites (tertiary alicyclic amines) is 1. The lowest BCUT2D eigenvalue weighted by Crippen LogP contribution is -2.32. The average Bonchev–Trinajstić information content (AvgIpc) is 3.07. The highest BCUT2D eigenvalue weighted by Gasteiger charge is 2.18. The van der Waals surface area contributed by atoms with Crippen molar-refractivity contribution in [1.29, 1.82) is 0 Å². The first kappa shape index (κ1) is 40.5. The molecule has 1 saturated heterocycles. The molecule has 0 bridgehead atoms. The highest BCUT2D eigenvalue weighted by molar-refractivity contribution is 5.95. The number of methoxy groups -OCH3 is 1. The minimum Gasteiger partial charge on any atom is -0.496 e. The van der Waals surface area contributed by atoms with E-state index in [9.17, 15) is 4.79 Å². The van der Waals surface area contributed by atoms with Crippen molar-refractivity contribution in [3.05, 3.63) is 64.6 Å². The van der Waals surface area contributed by atoms with Crippen molar-refractivity contribution in [2.24, 2.45) is 21.8 Å². The molecule has 1 fully saturated rings. The summed E-state index contributed by atoms with van der Waals surface area (Å²) in [6.07, 6.45) is 14.5. The van der Waals surface area contributed by atoms with Gasteiger partial charge in [0.05, 0.1) is 18.5 Å². The summed E-state index contributed by atoms with van der Waals surface area (Å²) in [5.41, 5.74) is 6.68. The first-order valence-corrected chi connectivity index (χ1v) is 17.3. The second kappa shape index (κ2) is 22.1. The van der Waals surface area contributed by atoms with Gasteiger partial charge < -0.3 is 9.64 Å². The molecule has 1 aromatic heterocycles. The first-order valence-electron chi connectivity index (χ1n) is 17.3. The Morgan fingerprint density at radius 1 is 1.13 bits per heavy atom. The number of aryl methyl sites for hydroxylation is 1. The summed E-state index contributed by atoms with van der Waals surface area (Å²) in [6.45, 7) is 27.2. The van der Waals surface area contributed by atoms with Gasteiger partial charge >= 0.3 is 0 Å². The predicted octanol–water partition coefficient (Wildman–Crippen LogP) is 11.1. The van der Waals surface area contributed by atoms with E-state index < -0.39 is 0 Å². The molecule has 0 saturated carbocycles. The van der Waals surface area contributed by atoms with Crippen LogP contribution in [0.1, 0.15) is 124 Å². The van der Waals surface area contributed by atoms with Gasteiger partial charge in [0.15, 0.2) is 5.78 Å². The molecule has 2 aromatic rings. The van der Waals surface area contributed by atoms with Crippen molar-refractivity contribution in [3.63, 3.8) is 0 Å². The number of nitrogens with zero attached hydrogens (tertiary/aromatic N) is 4. The first-order chi connectivity index (χ1) is 22.0. The Hall–Kier alpha value is -3.54. The van der Waals surface area contributed by atoms with Gasteiger partial charge in [-0.3, -0.25) is 14.8 Å². The molecule has 3 rings (SSSR count). The largest absolute Gasteiger partial charge is 0.496 e. The fourth-order valence-corrected chi connectivity index (χ4v) is 5.12. The van der Waals surface area contributed by atoms with Crippen molar-refractivity contribution in [1.82, 2.24) is 9.88 Å². The summed E-state index contributed by atoms with van der Waals surface area (Å²) in [5, 5.41) is 0. The maximum absolute atomic E-state index is 11.5. The Labute approximate surface area is 281 Å². The molecule has 1 aromatic carbocycles. The highest BCUT2D eigenvalue weighted by atomic mass is 16.5. The Kier molecular flexibility index (Phi) is 19.4. The van der Waals surface area contributed by atoms with Crippen molar-refractivity contribution in [2.45, 2.75) is 114 Å². The van der Waals surface area contributed by atoms with Crippen LogP contribution in [-0.4, -0.2) is 48.8 Å². The van der Waals surface area contributed by atoms with Crippen molar-refractivity contribution >= 4 is 24.4 Å². The van der Waals surface area contributed by atoms with Gasteiger partial charge in [0, 0.05) is 36.6 Å². The van der Waals surface area contributed by atoms with Gasteiger partial charge in [-0.05, 0) is 107 Å². The number of hydrogen-bond acceptors (Lipinski definition) is 6. The van der Waals surface area contributed by atoms with Crippen LogP contribution in [0.15, 0.2) is 63.5 Å². The van der Waals surface area contributed by atoms with E-state index in [4.69, 9.17) is 9.73 Å². The van der Waals surface area contributed by atoms with Gasteiger partial charge in [-0.15, -0.1) is 0 Å². The molecule has 0 amide bonds. The number of ether oxygens (including phenoxy) is 1. The van der Waals surface area contributed by atoms with Gasteiger partial charge in [-0.1, -0.05) is 72.9 Å². The van der Waals surface area contributed by atoms with Crippen LogP contribution in [0, 0.1) is 11.8 Å². The van der Waals surface area contributed by atoms with E-state index in [-0.39, 0.29) is 5.78 Å². The third kappa shape index (κ3) is 13.4. The predicted molar refractivity (Wildman–Crippen MR) is 200 cm³/mol. The van der Waals surface area contributed by atoms with Crippen LogP contribution in [0.3, 0.4) is 0 Å². The second-order valence-corrected chi connectivity index (χ2v) is 12.5. The van der Waals surface area contributed by atoms with E-state index in [1.807, 2.05) is 25.3 Å². The summed E-state index contributed by atoms with van der Waals surface area (Å²) in [7, 11) is 1.58. The third-order valence-electron chi connectivity index (χ3n) is 8.54. The minimum absolute atomic E-state index is 0.00240. The van der Waals surface area contributed by atoms with Crippen molar-refractivity contribution < 1.29 is 9.53 Å². The van der Waals surface area contributed by atoms with Crippen molar-refractivity contribution in [2.75, 3.05) is 20.2 Å². The second-order valence-electron chi connectivity index (χ2n) is 12.5. The molecule has 0 spiro atoms. The number of allylic oxidation sites excluding steroid dienone is 3. The molecule has 1 atom stereocenters. The number of hydrogen-bond donors (Lipinski definition) is 0. The normalized spacial score (nSPS) is 14.1. The zero-order chi connectivity index (χ0) is 34.6. The number of piperidine rings is 1. The van der Waals surface area contributed by atoms with E-state index in [2.05, 4.69) is 83.1 Å². The highest BCUT2D eigenvalue weighted by Crippen LogP contribution is 2.33. The van der Waals surface area contributed by atoms with E-state index >= 15 is 0 Å². The summed E-state index contributed by atoms with van der Waals surface area (Å²) >= 11 is 0. The number of rotatable bonds is 12. The van der Waals surface area contributed by atoms with Crippen molar-refractivity contribution in [3.8, 4) is 17.0 Å². The van der Waals surface area contributed by atoms with Crippen LogP contribution in [0.2, 0.25) is 0 Å². The molecular formula is C40H62N4O2. The van der Waals surface area contributed by atoms with E-state index in [1.54, 1.807) is 25.4 Å². The Bertz CT molecular complexity index is 1310. The number of ketones is 1. The van der Waals surface area contributed by atoms with Gasteiger partial charge in [0.1, 0.15) is 11.6 Å². The number of aliphatic imine (C=N–C) groups is 2. The quantitative estimate of drug-likeness (QED) is 0.173. The van der Waals surface area contributed by atoms with Gasteiger partial charge in [-0.2, -0.15) is 0 Å². The zero-order valence-corrected chi connectivity index (χ0v) is 30.9. The number of aromatic nitrogens is 1. The minimum atomic E-state index is 0.00240. The van der Waals surface area contributed by atoms with E-state index in [0.717, 1.165) is 60.3 Å². The molecule has 1 aliphatic rings. The molecule has 0 radical (unpaired) electrons. The number of carbonyl (C=O) groups excluding carboxylic acids is 1. The topological polar surface area (TPSA) is 67.2 Å². The van der Waals surface area contributed by atoms with E-state index in [0.29, 0.717) is 11.3 Å². The molecule has 254 valence electrons. The van der Waals surface area contributed by atoms with Crippen LogP contribution in [0.25, 0.3) is 11.3 Å². The molecule has 0 N–H and O–H groups in total. The Morgan fingerprint density at radius 2 is 1.80 bits per heavy atom. The molecule has 0 aliphatic carbocycles. The maximum atomic E-state index is 11.5. The number of benzene rings is 1. The summed E-state index contributed by atoms with van der Waals surface area (Å²) in [4.78, 5) is 27.1. The Morgan fingerprint density at radius 3 is 2.26 bits per heavy atom. The van der Waals surface area contributed by atoms with Crippen LogP contribution in [0.4, 0.5) is 5.69 Å². The molecule has 2 heterocycles. The molecule has 46 heavy (non-hydrogen) atoms. The lowest BCUT2D eigenvalue weighted by atomic mass is 9.99. The molecule has 1 unspecified atom stereocenters. The lowest BCUT2D eigenvalue weighted by molar-refractivity contribution is 0.101. The van der Waals surface area contributed by atoms with Gasteiger partial charge in [0.2, 0.25) is 0 Å². The monoisotopic (exact) mass is 630 g/mol.